The number of carbonyl (C=O) groups excluding carboxylic acids is 2. The number of aliphatic hydroxyl groups excluding tert-OH is 1. The van der Waals surface area contributed by atoms with Gasteiger partial charge in [0.15, 0.2) is 5.57 Å². The molecule has 0 aromatic carbocycles. The maximum atomic E-state index is 13.0. The van der Waals surface area contributed by atoms with Gasteiger partial charge in [0.25, 0.3) is 11.8 Å². The van der Waals surface area contributed by atoms with E-state index in [1.807, 2.05) is 38.1 Å². The van der Waals surface area contributed by atoms with Gasteiger partial charge in [-0.3, -0.25) is 14.6 Å². The van der Waals surface area contributed by atoms with E-state index in [-0.39, 0.29) is 29.3 Å². The number of hydrazine groups is 1. The van der Waals surface area contributed by atoms with Crippen molar-refractivity contribution in [3.05, 3.63) is 47.6 Å². The molecule has 2 atom stereocenters. The number of carbonyl (C=O) groups is 2. The fraction of sp³-hybridized carbons (Fsp3) is 0.476. The molecule has 8 heteroatoms. The summed E-state index contributed by atoms with van der Waals surface area (Å²) < 4.78 is 0. The van der Waals surface area contributed by atoms with Gasteiger partial charge in [0, 0.05) is 37.4 Å². The lowest BCUT2D eigenvalue weighted by Gasteiger charge is -2.42. The lowest BCUT2D eigenvalue weighted by Crippen LogP contribution is -2.59. The Bertz CT molecular complexity index is 847. The minimum absolute atomic E-state index is 0.0481. The van der Waals surface area contributed by atoms with E-state index in [0.29, 0.717) is 13.1 Å². The zero-order valence-corrected chi connectivity index (χ0v) is 16.7. The second-order valence-electron chi connectivity index (χ2n) is 8.25. The summed E-state index contributed by atoms with van der Waals surface area (Å²) in [4.78, 5) is 31.5. The van der Waals surface area contributed by atoms with E-state index in [0.717, 1.165) is 18.4 Å². The number of amides is 2. The van der Waals surface area contributed by atoms with Crippen LogP contribution in [0.3, 0.4) is 0 Å². The monoisotopic (exact) mass is 397 g/mol. The van der Waals surface area contributed by atoms with E-state index in [4.69, 9.17) is 0 Å². The molecule has 2 fully saturated rings. The van der Waals surface area contributed by atoms with Crippen LogP contribution in [0.25, 0.3) is 6.08 Å². The first kappa shape index (κ1) is 19.4. The largest absolute Gasteiger partial charge is 0.494 e. The lowest BCUT2D eigenvalue weighted by atomic mass is 10.00. The molecule has 8 nitrogen and oxygen atoms in total. The van der Waals surface area contributed by atoms with Crippen LogP contribution in [-0.2, 0) is 9.59 Å². The third kappa shape index (κ3) is 3.98. The molecule has 29 heavy (non-hydrogen) atoms. The van der Waals surface area contributed by atoms with Crippen molar-refractivity contribution in [2.24, 2.45) is 11.8 Å². The lowest BCUT2D eigenvalue weighted by molar-refractivity contribution is -0.142. The fourth-order valence-corrected chi connectivity index (χ4v) is 3.79. The average Bonchev–Trinajstić information content (AvgIpc) is 3.40. The number of aromatic nitrogens is 1. The molecule has 1 aromatic rings. The number of fused-ring (bicyclic) bond motifs is 1. The Morgan fingerprint density at radius 2 is 2.24 bits per heavy atom. The van der Waals surface area contributed by atoms with E-state index >= 15 is 0 Å². The average molecular weight is 397 g/mol. The summed E-state index contributed by atoms with van der Waals surface area (Å²) in [5.74, 6) is -1.02. The number of hydrogen-bond acceptors (Lipinski definition) is 6. The number of aliphatic hydroxyl groups is 1. The summed E-state index contributed by atoms with van der Waals surface area (Å²) in [7, 11) is 0. The summed E-state index contributed by atoms with van der Waals surface area (Å²) in [6.07, 6.45) is 8.92. The molecule has 1 saturated carbocycles. The van der Waals surface area contributed by atoms with E-state index in [9.17, 15) is 14.7 Å². The Balaban J connectivity index is 1.64. The smallest absolute Gasteiger partial charge is 0.280 e. The molecule has 154 valence electrons. The molecule has 0 spiro atoms. The van der Waals surface area contributed by atoms with E-state index in [1.54, 1.807) is 17.3 Å². The first-order valence-electron chi connectivity index (χ1n) is 10.1. The van der Waals surface area contributed by atoms with Crippen LogP contribution in [0.1, 0.15) is 32.3 Å². The molecule has 1 aliphatic carbocycles. The van der Waals surface area contributed by atoms with Crippen LogP contribution < -0.4 is 10.7 Å². The summed E-state index contributed by atoms with van der Waals surface area (Å²) in [5, 5.41) is 15.2. The van der Waals surface area contributed by atoms with Gasteiger partial charge < -0.3 is 15.3 Å². The van der Waals surface area contributed by atoms with Gasteiger partial charge in [0.05, 0.1) is 0 Å². The van der Waals surface area contributed by atoms with E-state index in [1.165, 1.54) is 5.01 Å². The van der Waals surface area contributed by atoms with Gasteiger partial charge in [-0.05, 0) is 30.4 Å². The Morgan fingerprint density at radius 1 is 1.45 bits per heavy atom. The molecule has 2 amide bonds. The Kier molecular flexibility index (Phi) is 5.27. The third-order valence-electron chi connectivity index (χ3n) is 5.31. The number of nitrogens with one attached hydrogen (secondary N) is 2. The van der Waals surface area contributed by atoms with Crippen LogP contribution >= 0.6 is 0 Å². The van der Waals surface area contributed by atoms with Crippen LogP contribution in [0, 0.1) is 11.8 Å². The number of nitrogens with zero attached hydrogens (tertiary/aromatic N) is 3. The molecule has 2 aliphatic heterocycles. The van der Waals surface area contributed by atoms with Crippen LogP contribution in [-0.4, -0.2) is 57.1 Å². The van der Waals surface area contributed by atoms with Gasteiger partial charge in [0.1, 0.15) is 6.17 Å². The molecule has 3 N–H and O–H groups in total. The summed E-state index contributed by atoms with van der Waals surface area (Å²) in [5.41, 5.74) is 3.91. The highest BCUT2D eigenvalue weighted by Gasteiger charge is 2.49. The molecule has 3 heterocycles. The summed E-state index contributed by atoms with van der Waals surface area (Å²) in [6.45, 7) is 5.15. The number of rotatable bonds is 6. The molecule has 4 rings (SSSR count). The molecule has 0 radical (unpaired) electrons. The predicted octanol–water partition coefficient (Wildman–Crippen LogP) is 1.40. The zero-order valence-electron chi connectivity index (χ0n) is 16.7. The quantitative estimate of drug-likeness (QED) is 0.628. The van der Waals surface area contributed by atoms with Crippen molar-refractivity contribution in [2.75, 3.05) is 13.1 Å². The molecule has 1 aromatic heterocycles. The number of pyridine rings is 1. The first-order valence-corrected chi connectivity index (χ1v) is 10.1. The van der Waals surface area contributed by atoms with Crippen molar-refractivity contribution in [1.82, 2.24) is 25.6 Å². The van der Waals surface area contributed by atoms with Crippen LogP contribution in [0.4, 0.5) is 0 Å². The Labute approximate surface area is 170 Å². The second-order valence-corrected chi connectivity index (χ2v) is 8.25. The van der Waals surface area contributed by atoms with Crippen LogP contribution in [0.15, 0.2) is 42.1 Å². The standard InChI is InChI=1S/C21H27N5O3/c1-13(2)12-25-19-15(6-5-14-4-3-9-22-10-14)11-23-26(19)21(29)17(20(25)28)18(27)24-16-7-8-16/h3-6,9-10,13,15-16,19,23,28H,7-8,11-12H2,1-2H3,(H,24,27)/b6-5+. The van der Waals surface area contributed by atoms with E-state index < -0.39 is 18.0 Å². The second kappa shape index (κ2) is 7.87. The van der Waals surface area contributed by atoms with Crippen molar-refractivity contribution in [3.8, 4) is 0 Å². The summed E-state index contributed by atoms with van der Waals surface area (Å²) in [6, 6.07) is 3.93. The maximum Gasteiger partial charge on any atom is 0.280 e. The van der Waals surface area contributed by atoms with Gasteiger partial charge in [0.2, 0.25) is 5.88 Å². The highest BCUT2D eigenvalue weighted by molar-refractivity contribution is 6.19. The Hall–Kier alpha value is -2.87. The normalized spacial score (nSPS) is 24.6. The number of hydrogen-bond donors (Lipinski definition) is 3. The van der Waals surface area contributed by atoms with Crippen molar-refractivity contribution in [3.63, 3.8) is 0 Å². The fourth-order valence-electron chi connectivity index (χ4n) is 3.79. The van der Waals surface area contributed by atoms with Gasteiger partial charge in [-0.2, -0.15) is 0 Å². The molecule has 3 aliphatic rings. The topological polar surface area (TPSA) is 97.8 Å². The predicted molar refractivity (Wildman–Crippen MR) is 108 cm³/mol. The highest BCUT2D eigenvalue weighted by atomic mass is 16.3. The van der Waals surface area contributed by atoms with Crippen molar-refractivity contribution in [1.29, 1.82) is 0 Å². The first-order chi connectivity index (χ1) is 14.0. The minimum Gasteiger partial charge on any atom is -0.494 e. The van der Waals surface area contributed by atoms with Crippen LogP contribution in [0.2, 0.25) is 0 Å². The van der Waals surface area contributed by atoms with Crippen molar-refractivity contribution >= 4 is 17.9 Å². The SMILES string of the molecule is CC(C)CN1C(O)=C(C(=O)NC2CC2)C(=O)N2NCC(/C=C/c3cccnc3)C12. The third-order valence-corrected chi connectivity index (χ3v) is 5.31. The Morgan fingerprint density at radius 3 is 2.90 bits per heavy atom. The molecule has 0 bridgehead atoms. The zero-order chi connectivity index (χ0) is 20.5. The molecule has 2 unspecified atom stereocenters. The molecular formula is C21H27N5O3. The van der Waals surface area contributed by atoms with Gasteiger partial charge in [-0.15, -0.1) is 0 Å². The summed E-state index contributed by atoms with van der Waals surface area (Å²) >= 11 is 0. The van der Waals surface area contributed by atoms with Gasteiger partial charge in [-0.25, -0.2) is 10.4 Å². The molecular weight excluding hydrogens is 370 g/mol. The highest BCUT2D eigenvalue weighted by Crippen LogP contribution is 2.33. The van der Waals surface area contributed by atoms with Crippen molar-refractivity contribution in [2.45, 2.75) is 38.9 Å². The molecule has 1 saturated heterocycles. The minimum atomic E-state index is -0.502. The van der Waals surface area contributed by atoms with Gasteiger partial charge in [-0.1, -0.05) is 32.1 Å². The van der Waals surface area contributed by atoms with Gasteiger partial charge >= 0.3 is 0 Å². The van der Waals surface area contributed by atoms with Crippen molar-refractivity contribution < 1.29 is 14.7 Å². The maximum absolute atomic E-state index is 13.0. The van der Waals surface area contributed by atoms with Crippen LogP contribution in [0.5, 0.6) is 0 Å². The van der Waals surface area contributed by atoms with E-state index in [2.05, 4.69) is 15.7 Å².